The molecule has 0 aliphatic carbocycles. The highest BCUT2D eigenvalue weighted by molar-refractivity contribution is 5.93. The molecule has 1 N–H and O–H groups in total. The Bertz CT molecular complexity index is 1140. The number of fused-ring (bicyclic) bond motifs is 1. The lowest BCUT2D eigenvalue weighted by atomic mass is 10.0. The van der Waals surface area contributed by atoms with Gasteiger partial charge in [-0.1, -0.05) is 0 Å². The molecule has 8 nitrogen and oxygen atoms in total. The molecule has 3 aromatic heterocycles. The zero-order valence-electron chi connectivity index (χ0n) is 18.0. The number of nitrogens with zero attached hydrogens (tertiary/aromatic N) is 6. The van der Waals surface area contributed by atoms with Gasteiger partial charge in [-0.15, -0.1) is 0 Å². The summed E-state index contributed by atoms with van der Waals surface area (Å²) in [4.78, 5) is 19.5. The average Bonchev–Trinajstić information content (AvgIpc) is 3.37. The quantitative estimate of drug-likeness (QED) is 0.582. The zero-order chi connectivity index (χ0) is 23.2. The summed E-state index contributed by atoms with van der Waals surface area (Å²) >= 11 is 0. The van der Waals surface area contributed by atoms with E-state index in [9.17, 15) is 23.1 Å². The first-order valence-electron chi connectivity index (χ1n) is 10.3. The molecule has 0 radical (unpaired) electrons. The standard InChI is InChI=1S/C21H25F3N6O2/c1-12-15(21(31)32)10-16-14(20-25-11-26-27(20)3)4-5-30(16)17(12)13(2)28-6-8-29(9-7-28)19(24)18(22)23/h4-5,10-11,13,18-19H,6-9H2,1-3H3,(H,31,32). The maximum Gasteiger partial charge on any atom is 0.336 e. The van der Waals surface area contributed by atoms with Crippen molar-refractivity contribution in [3.8, 4) is 11.4 Å². The summed E-state index contributed by atoms with van der Waals surface area (Å²) in [6.07, 6.45) is -2.00. The van der Waals surface area contributed by atoms with Gasteiger partial charge in [0.15, 0.2) is 5.82 Å². The van der Waals surface area contributed by atoms with Gasteiger partial charge in [0.1, 0.15) is 6.33 Å². The molecule has 2 unspecified atom stereocenters. The highest BCUT2D eigenvalue weighted by atomic mass is 19.3. The van der Waals surface area contributed by atoms with Crippen molar-refractivity contribution in [1.29, 1.82) is 0 Å². The first-order chi connectivity index (χ1) is 15.2. The maximum absolute atomic E-state index is 13.7. The predicted octanol–water partition coefficient (Wildman–Crippen LogP) is 2.98. The molecule has 1 aliphatic heterocycles. The Hall–Kier alpha value is -2.92. The van der Waals surface area contributed by atoms with E-state index in [0.29, 0.717) is 30.0 Å². The fourth-order valence-electron chi connectivity index (χ4n) is 4.54. The van der Waals surface area contributed by atoms with E-state index in [0.717, 1.165) is 16.2 Å². The molecular weight excluding hydrogens is 425 g/mol. The minimum Gasteiger partial charge on any atom is -0.478 e. The van der Waals surface area contributed by atoms with Crippen LogP contribution in [-0.4, -0.2) is 78.9 Å². The van der Waals surface area contributed by atoms with Crippen molar-refractivity contribution in [2.45, 2.75) is 32.6 Å². The van der Waals surface area contributed by atoms with Crippen LogP contribution in [0.3, 0.4) is 0 Å². The largest absolute Gasteiger partial charge is 0.478 e. The van der Waals surface area contributed by atoms with Crippen molar-refractivity contribution in [3.05, 3.63) is 41.5 Å². The molecule has 0 spiro atoms. The summed E-state index contributed by atoms with van der Waals surface area (Å²) in [5.74, 6) is -0.425. The van der Waals surface area contributed by atoms with Crippen molar-refractivity contribution >= 4 is 11.5 Å². The number of aromatic nitrogens is 4. The van der Waals surface area contributed by atoms with Crippen LogP contribution in [0, 0.1) is 6.92 Å². The molecule has 1 saturated heterocycles. The molecule has 4 rings (SSSR count). The Labute approximate surface area is 182 Å². The number of aromatic carboxylic acids is 1. The molecular formula is C21H25F3N6O2. The van der Waals surface area contributed by atoms with Crippen LogP contribution in [0.25, 0.3) is 16.9 Å². The van der Waals surface area contributed by atoms with Gasteiger partial charge in [0.2, 0.25) is 6.30 Å². The Kier molecular flexibility index (Phi) is 5.95. The molecule has 0 bridgehead atoms. The second-order valence-corrected chi connectivity index (χ2v) is 8.02. The molecule has 11 heteroatoms. The van der Waals surface area contributed by atoms with E-state index >= 15 is 0 Å². The SMILES string of the molecule is Cc1c(C(=O)O)cc2c(-c3ncnn3C)ccn2c1C(C)N1CCN(C(F)C(F)F)CC1. The van der Waals surface area contributed by atoms with Crippen LogP contribution in [0.2, 0.25) is 0 Å². The van der Waals surface area contributed by atoms with E-state index in [-0.39, 0.29) is 24.7 Å². The van der Waals surface area contributed by atoms with Gasteiger partial charge >= 0.3 is 5.97 Å². The third-order valence-corrected chi connectivity index (χ3v) is 6.29. The van der Waals surface area contributed by atoms with E-state index in [4.69, 9.17) is 0 Å². The summed E-state index contributed by atoms with van der Waals surface area (Å²) in [5.41, 5.74) is 3.03. The van der Waals surface area contributed by atoms with E-state index in [1.165, 1.54) is 6.33 Å². The number of halogens is 3. The zero-order valence-corrected chi connectivity index (χ0v) is 18.0. The van der Waals surface area contributed by atoms with Gasteiger partial charge in [0.05, 0.1) is 11.1 Å². The Morgan fingerprint density at radius 1 is 1.16 bits per heavy atom. The van der Waals surface area contributed by atoms with Crippen LogP contribution in [0.5, 0.6) is 0 Å². The molecule has 3 aromatic rings. The summed E-state index contributed by atoms with van der Waals surface area (Å²) in [6.45, 7) is 4.85. The fourth-order valence-corrected chi connectivity index (χ4v) is 4.54. The van der Waals surface area contributed by atoms with Crippen molar-refractivity contribution in [2.24, 2.45) is 7.05 Å². The highest BCUT2D eigenvalue weighted by Crippen LogP contribution is 2.33. The fraction of sp³-hybridized carbons (Fsp3) is 0.476. The number of aryl methyl sites for hydroxylation is 1. The molecule has 0 saturated carbocycles. The number of carbonyl (C=O) groups is 1. The predicted molar refractivity (Wildman–Crippen MR) is 112 cm³/mol. The van der Waals surface area contributed by atoms with Crippen molar-refractivity contribution in [3.63, 3.8) is 0 Å². The lowest BCUT2D eigenvalue weighted by molar-refractivity contribution is -0.0688. The van der Waals surface area contributed by atoms with Gasteiger partial charge in [-0.3, -0.25) is 9.80 Å². The Balaban J connectivity index is 1.73. The summed E-state index contributed by atoms with van der Waals surface area (Å²) in [6, 6.07) is 3.28. The van der Waals surface area contributed by atoms with Gasteiger partial charge in [-0.25, -0.2) is 27.6 Å². The second-order valence-electron chi connectivity index (χ2n) is 8.02. The molecule has 0 amide bonds. The number of rotatable bonds is 6. The molecule has 32 heavy (non-hydrogen) atoms. The molecule has 2 atom stereocenters. The minimum atomic E-state index is -3.04. The maximum atomic E-state index is 13.7. The Morgan fingerprint density at radius 2 is 1.81 bits per heavy atom. The van der Waals surface area contributed by atoms with Crippen LogP contribution >= 0.6 is 0 Å². The molecule has 1 fully saturated rings. The average molecular weight is 450 g/mol. The topological polar surface area (TPSA) is 78.9 Å². The summed E-state index contributed by atoms with van der Waals surface area (Å²) in [7, 11) is 1.76. The van der Waals surface area contributed by atoms with E-state index in [2.05, 4.69) is 15.0 Å². The molecule has 4 heterocycles. The van der Waals surface area contributed by atoms with E-state index < -0.39 is 18.7 Å². The van der Waals surface area contributed by atoms with Crippen LogP contribution in [0.4, 0.5) is 13.2 Å². The van der Waals surface area contributed by atoms with E-state index in [1.54, 1.807) is 24.7 Å². The van der Waals surface area contributed by atoms with Gasteiger partial charge in [-0.05, 0) is 31.5 Å². The van der Waals surface area contributed by atoms with Gasteiger partial charge in [0, 0.05) is 56.7 Å². The number of pyridine rings is 1. The first-order valence-corrected chi connectivity index (χ1v) is 10.3. The summed E-state index contributed by atoms with van der Waals surface area (Å²) < 4.78 is 42.7. The van der Waals surface area contributed by atoms with Crippen molar-refractivity contribution in [1.82, 2.24) is 29.0 Å². The number of hydrogen-bond donors (Lipinski definition) is 1. The molecule has 1 aliphatic rings. The third-order valence-electron chi connectivity index (χ3n) is 6.29. The minimum absolute atomic E-state index is 0.173. The highest BCUT2D eigenvalue weighted by Gasteiger charge is 2.33. The number of alkyl halides is 3. The van der Waals surface area contributed by atoms with Crippen LogP contribution in [0.15, 0.2) is 24.7 Å². The lowest BCUT2D eigenvalue weighted by Crippen LogP contribution is -2.51. The van der Waals surface area contributed by atoms with Gasteiger partial charge in [-0.2, -0.15) is 5.10 Å². The smallest absolute Gasteiger partial charge is 0.336 e. The normalized spacial score (nSPS) is 17.8. The number of piperazine rings is 1. The number of carboxylic acid groups (broad SMARTS) is 1. The summed E-state index contributed by atoms with van der Waals surface area (Å²) in [5, 5.41) is 13.9. The molecule has 0 aromatic carbocycles. The van der Waals surface area contributed by atoms with Gasteiger partial charge < -0.3 is 9.51 Å². The number of hydrogen-bond acceptors (Lipinski definition) is 5. The first kappa shape index (κ1) is 22.3. The van der Waals surface area contributed by atoms with Crippen LogP contribution < -0.4 is 0 Å². The molecule has 172 valence electrons. The lowest BCUT2D eigenvalue weighted by Gasteiger charge is -2.39. The third kappa shape index (κ3) is 3.75. The monoisotopic (exact) mass is 450 g/mol. The van der Waals surface area contributed by atoms with Gasteiger partial charge in [0.25, 0.3) is 6.43 Å². The Morgan fingerprint density at radius 3 is 2.38 bits per heavy atom. The number of carboxylic acids is 1. The van der Waals surface area contributed by atoms with Crippen LogP contribution in [-0.2, 0) is 7.05 Å². The van der Waals surface area contributed by atoms with Crippen molar-refractivity contribution in [2.75, 3.05) is 26.2 Å². The van der Waals surface area contributed by atoms with Crippen molar-refractivity contribution < 1.29 is 23.1 Å². The second kappa shape index (κ2) is 8.55. The van der Waals surface area contributed by atoms with E-state index in [1.807, 2.05) is 23.6 Å². The van der Waals surface area contributed by atoms with Crippen LogP contribution in [0.1, 0.15) is 34.6 Å².